The molecule has 7 nitrogen and oxygen atoms in total. The van der Waals surface area contributed by atoms with Crippen LogP contribution in [0, 0.1) is 5.92 Å². The molecule has 2 heterocycles. The molecule has 0 spiro atoms. The first-order valence-corrected chi connectivity index (χ1v) is 12.1. The molecule has 1 saturated carbocycles. The highest BCUT2D eigenvalue weighted by atomic mass is 32.2. The molecule has 0 bridgehead atoms. The molecular formula is C21H29N3O4S. The molecule has 0 radical (unpaired) electrons. The van der Waals surface area contributed by atoms with Crippen molar-refractivity contribution < 1.29 is 18.0 Å². The van der Waals surface area contributed by atoms with Crippen LogP contribution in [0.3, 0.4) is 0 Å². The van der Waals surface area contributed by atoms with Crippen molar-refractivity contribution in [3.8, 4) is 0 Å². The van der Waals surface area contributed by atoms with E-state index >= 15 is 0 Å². The number of piperidine rings is 1. The molecule has 0 aromatic heterocycles. The third-order valence-corrected chi connectivity index (χ3v) is 8.24. The van der Waals surface area contributed by atoms with Gasteiger partial charge in [-0.1, -0.05) is 25.3 Å². The highest BCUT2D eigenvalue weighted by Gasteiger charge is 2.38. The lowest BCUT2D eigenvalue weighted by molar-refractivity contribution is -0.129. The van der Waals surface area contributed by atoms with E-state index in [1.807, 2.05) is 4.90 Å². The summed E-state index contributed by atoms with van der Waals surface area (Å²) in [5, 5.41) is 2.83. The topological polar surface area (TPSA) is 86.8 Å². The number of amides is 2. The van der Waals surface area contributed by atoms with Gasteiger partial charge in [0.2, 0.25) is 21.8 Å². The van der Waals surface area contributed by atoms with Crippen LogP contribution in [0.15, 0.2) is 29.2 Å². The SMILES string of the molecule is O=C(Nc1cccc(S(=O)(=O)N2CCCCC2)c1)[C@H]1CC(=O)N(C2CCCC2)C1. The average Bonchev–Trinajstić information content (AvgIpc) is 3.38. The van der Waals surface area contributed by atoms with E-state index in [-0.39, 0.29) is 35.1 Å². The zero-order valence-electron chi connectivity index (χ0n) is 16.7. The maximum Gasteiger partial charge on any atom is 0.243 e. The monoisotopic (exact) mass is 419 g/mol. The van der Waals surface area contributed by atoms with Crippen LogP contribution in [0.5, 0.6) is 0 Å². The van der Waals surface area contributed by atoms with Crippen LogP contribution in [-0.2, 0) is 19.6 Å². The molecule has 158 valence electrons. The fraction of sp³-hybridized carbons (Fsp3) is 0.619. The minimum absolute atomic E-state index is 0.0541. The lowest BCUT2D eigenvalue weighted by atomic mass is 10.1. The highest BCUT2D eigenvalue weighted by Crippen LogP contribution is 2.30. The van der Waals surface area contributed by atoms with Gasteiger partial charge >= 0.3 is 0 Å². The average molecular weight is 420 g/mol. The third-order valence-electron chi connectivity index (χ3n) is 6.35. The molecule has 4 rings (SSSR count). The van der Waals surface area contributed by atoms with E-state index < -0.39 is 10.0 Å². The fourth-order valence-electron chi connectivity index (χ4n) is 4.71. The molecule has 1 aliphatic carbocycles. The number of likely N-dealkylation sites (tertiary alicyclic amines) is 1. The lowest BCUT2D eigenvalue weighted by Gasteiger charge is -2.26. The van der Waals surface area contributed by atoms with Crippen molar-refractivity contribution >= 4 is 27.5 Å². The van der Waals surface area contributed by atoms with Gasteiger partial charge in [0.1, 0.15) is 0 Å². The van der Waals surface area contributed by atoms with Crippen LogP contribution in [-0.4, -0.2) is 55.1 Å². The number of nitrogens with zero attached hydrogens (tertiary/aromatic N) is 2. The summed E-state index contributed by atoms with van der Waals surface area (Å²) in [5.41, 5.74) is 0.458. The Bertz CT molecular complexity index is 874. The molecule has 1 aromatic rings. The minimum atomic E-state index is -3.55. The smallest absolute Gasteiger partial charge is 0.243 e. The summed E-state index contributed by atoms with van der Waals surface area (Å²) in [4.78, 5) is 27.2. The summed E-state index contributed by atoms with van der Waals surface area (Å²) in [7, 11) is -3.55. The van der Waals surface area contributed by atoms with E-state index in [2.05, 4.69) is 5.32 Å². The van der Waals surface area contributed by atoms with Crippen molar-refractivity contribution in [3.63, 3.8) is 0 Å². The summed E-state index contributed by atoms with van der Waals surface area (Å²) in [6.45, 7) is 1.54. The summed E-state index contributed by atoms with van der Waals surface area (Å²) in [5.74, 6) is -0.546. The van der Waals surface area contributed by atoms with E-state index in [0.717, 1.165) is 44.9 Å². The highest BCUT2D eigenvalue weighted by molar-refractivity contribution is 7.89. The van der Waals surface area contributed by atoms with Gasteiger partial charge in [0.05, 0.1) is 10.8 Å². The van der Waals surface area contributed by atoms with Gasteiger partial charge in [-0.05, 0) is 43.9 Å². The van der Waals surface area contributed by atoms with Gasteiger partial charge in [-0.25, -0.2) is 8.42 Å². The Morgan fingerprint density at radius 1 is 1.03 bits per heavy atom. The Labute approximate surface area is 172 Å². The van der Waals surface area contributed by atoms with E-state index in [4.69, 9.17) is 0 Å². The number of sulfonamides is 1. The second-order valence-corrected chi connectivity index (χ2v) is 10.3. The fourth-order valence-corrected chi connectivity index (χ4v) is 6.27. The number of carbonyl (C=O) groups is 2. The van der Waals surface area contributed by atoms with Gasteiger partial charge < -0.3 is 10.2 Å². The second-order valence-electron chi connectivity index (χ2n) is 8.37. The van der Waals surface area contributed by atoms with Crippen molar-refractivity contribution in [2.24, 2.45) is 5.92 Å². The van der Waals surface area contributed by atoms with Crippen LogP contribution in [0.25, 0.3) is 0 Å². The number of nitrogens with one attached hydrogen (secondary N) is 1. The first-order chi connectivity index (χ1) is 13.9. The first kappa shape index (κ1) is 20.3. The first-order valence-electron chi connectivity index (χ1n) is 10.7. The number of benzene rings is 1. The Balaban J connectivity index is 1.42. The maximum atomic E-state index is 12.9. The standard InChI is InChI=1S/C21H29N3O4S/c25-20-13-16(15-24(20)18-8-2-3-9-18)21(26)22-17-7-6-10-19(14-17)29(27,28)23-11-4-1-5-12-23/h6-7,10,14,16,18H,1-5,8-9,11-13,15H2,(H,22,26)/t16-/m0/s1. The van der Waals surface area contributed by atoms with Gasteiger partial charge in [0, 0.05) is 37.8 Å². The Morgan fingerprint density at radius 2 is 1.76 bits per heavy atom. The van der Waals surface area contributed by atoms with Gasteiger partial charge in [-0.15, -0.1) is 0 Å². The van der Waals surface area contributed by atoms with Crippen LogP contribution in [0.2, 0.25) is 0 Å². The van der Waals surface area contributed by atoms with Gasteiger partial charge in [-0.2, -0.15) is 4.31 Å². The Kier molecular flexibility index (Phi) is 5.92. The molecule has 3 fully saturated rings. The summed E-state index contributed by atoms with van der Waals surface area (Å²) in [6.07, 6.45) is 7.38. The van der Waals surface area contributed by atoms with Crippen molar-refractivity contribution in [3.05, 3.63) is 24.3 Å². The van der Waals surface area contributed by atoms with Crippen molar-refractivity contribution in [1.82, 2.24) is 9.21 Å². The Morgan fingerprint density at radius 3 is 2.48 bits per heavy atom. The molecule has 3 aliphatic rings. The van der Waals surface area contributed by atoms with Gasteiger partial charge in [0.25, 0.3) is 0 Å². The van der Waals surface area contributed by atoms with Crippen LogP contribution < -0.4 is 5.32 Å². The number of hydrogen-bond donors (Lipinski definition) is 1. The maximum absolute atomic E-state index is 12.9. The summed E-state index contributed by atoms with van der Waals surface area (Å²) in [6, 6.07) is 6.71. The lowest BCUT2D eigenvalue weighted by Crippen LogP contribution is -2.36. The van der Waals surface area contributed by atoms with Crippen LogP contribution in [0.1, 0.15) is 51.4 Å². The molecule has 1 N–H and O–H groups in total. The van der Waals surface area contributed by atoms with Crippen molar-refractivity contribution in [1.29, 1.82) is 0 Å². The zero-order valence-corrected chi connectivity index (χ0v) is 17.5. The van der Waals surface area contributed by atoms with E-state index in [9.17, 15) is 18.0 Å². The molecule has 2 saturated heterocycles. The van der Waals surface area contributed by atoms with Gasteiger partial charge in [0.15, 0.2) is 0 Å². The predicted octanol–water partition coefficient (Wildman–Crippen LogP) is 2.59. The van der Waals surface area contributed by atoms with Crippen molar-refractivity contribution in [2.45, 2.75) is 62.3 Å². The Hall–Kier alpha value is -1.93. The number of anilines is 1. The summed E-state index contributed by atoms with van der Waals surface area (Å²) < 4.78 is 27.3. The minimum Gasteiger partial charge on any atom is -0.339 e. The normalized spacial score (nSPS) is 24.2. The molecule has 1 aromatic carbocycles. The molecule has 8 heteroatoms. The van der Waals surface area contributed by atoms with E-state index in [1.165, 1.54) is 10.4 Å². The third kappa shape index (κ3) is 4.33. The van der Waals surface area contributed by atoms with Gasteiger partial charge in [-0.3, -0.25) is 9.59 Å². The van der Waals surface area contributed by atoms with E-state index in [1.54, 1.807) is 18.2 Å². The number of carbonyl (C=O) groups excluding carboxylic acids is 2. The molecule has 29 heavy (non-hydrogen) atoms. The molecule has 2 aliphatic heterocycles. The second kappa shape index (κ2) is 8.44. The molecular weight excluding hydrogens is 390 g/mol. The molecule has 1 atom stereocenters. The number of rotatable bonds is 5. The van der Waals surface area contributed by atoms with Crippen molar-refractivity contribution in [2.75, 3.05) is 25.0 Å². The number of hydrogen-bond acceptors (Lipinski definition) is 4. The predicted molar refractivity (Wildman–Crippen MR) is 110 cm³/mol. The van der Waals surface area contributed by atoms with Crippen LogP contribution >= 0.6 is 0 Å². The van der Waals surface area contributed by atoms with Crippen LogP contribution in [0.4, 0.5) is 5.69 Å². The quantitative estimate of drug-likeness (QED) is 0.795. The van der Waals surface area contributed by atoms with E-state index in [0.29, 0.717) is 25.3 Å². The molecule has 0 unspecified atom stereocenters. The summed E-state index contributed by atoms with van der Waals surface area (Å²) >= 11 is 0. The zero-order chi connectivity index (χ0) is 20.4. The molecule has 2 amide bonds. The largest absolute Gasteiger partial charge is 0.339 e.